The molecule has 0 saturated heterocycles. The van der Waals surface area contributed by atoms with E-state index < -0.39 is 18.0 Å². The van der Waals surface area contributed by atoms with Crippen molar-refractivity contribution in [1.29, 1.82) is 0 Å². The molecule has 128 valence electrons. The van der Waals surface area contributed by atoms with E-state index in [-0.39, 0.29) is 34.1 Å². The smallest absolute Gasteiger partial charge is 0.164 e. The number of hydrogen-bond acceptors (Lipinski definition) is 6. The van der Waals surface area contributed by atoms with Gasteiger partial charge in [0.2, 0.25) is 0 Å². The molecule has 6 nitrogen and oxygen atoms in total. The molecule has 0 aliphatic rings. The zero-order valence-electron chi connectivity index (χ0n) is 13.1. The molecule has 0 bridgehead atoms. The first-order valence-electron chi connectivity index (χ1n) is 7.32. The lowest BCUT2D eigenvalue weighted by Gasteiger charge is -2.01. The Hall–Kier alpha value is -3.54. The van der Waals surface area contributed by atoms with Crippen LogP contribution in [0.5, 0.6) is 23.0 Å². The van der Waals surface area contributed by atoms with Gasteiger partial charge in [-0.05, 0) is 36.4 Å². The molecule has 0 amide bonds. The third-order valence-electron chi connectivity index (χ3n) is 3.34. The molecule has 0 aromatic heterocycles. The van der Waals surface area contributed by atoms with Crippen molar-refractivity contribution in [1.82, 2.24) is 0 Å². The molecule has 0 aliphatic heterocycles. The fraction of sp³-hybridized carbons (Fsp3) is 0.0526. The van der Waals surface area contributed by atoms with Crippen LogP contribution in [0.3, 0.4) is 0 Å². The summed E-state index contributed by atoms with van der Waals surface area (Å²) in [6.45, 7) is 0. The van der Waals surface area contributed by atoms with Gasteiger partial charge in [0.25, 0.3) is 0 Å². The van der Waals surface area contributed by atoms with Gasteiger partial charge in [-0.1, -0.05) is 24.3 Å². The van der Waals surface area contributed by atoms with E-state index in [1.165, 1.54) is 48.6 Å². The second-order valence-electron chi connectivity index (χ2n) is 5.21. The number of hydrogen-bond donors (Lipinski definition) is 4. The number of ketones is 2. The number of carbonyl (C=O) groups excluding carboxylic acids is 2. The van der Waals surface area contributed by atoms with Gasteiger partial charge in [-0.3, -0.25) is 9.59 Å². The van der Waals surface area contributed by atoms with E-state index in [1.807, 2.05) is 0 Å². The summed E-state index contributed by atoms with van der Waals surface area (Å²) < 4.78 is 0. The number of para-hydroxylation sites is 2. The molecular formula is C19H16O6. The van der Waals surface area contributed by atoms with Gasteiger partial charge in [0, 0.05) is 11.1 Å². The number of phenols is 4. The number of aromatic hydroxyl groups is 4. The average Bonchev–Trinajstić information content (AvgIpc) is 2.57. The molecule has 2 rings (SSSR count). The molecule has 25 heavy (non-hydrogen) atoms. The Bertz CT molecular complexity index is 793. The summed E-state index contributed by atoms with van der Waals surface area (Å²) in [4.78, 5) is 23.6. The van der Waals surface area contributed by atoms with Gasteiger partial charge in [-0.15, -0.1) is 0 Å². The maximum Gasteiger partial charge on any atom is 0.164 e. The maximum atomic E-state index is 11.8. The Morgan fingerprint density at radius 1 is 0.720 bits per heavy atom. The monoisotopic (exact) mass is 340 g/mol. The van der Waals surface area contributed by atoms with Crippen LogP contribution < -0.4 is 0 Å². The molecule has 0 saturated carbocycles. The van der Waals surface area contributed by atoms with Crippen LogP contribution in [0.4, 0.5) is 0 Å². The molecule has 0 spiro atoms. The van der Waals surface area contributed by atoms with Gasteiger partial charge in [0.15, 0.2) is 34.6 Å². The third kappa shape index (κ3) is 4.71. The second kappa shape index (κ2) is 7.83. The Labute approximate surface area is 143 Å². The zero-order chi connectivity index (χ0) is 18.4. The van der Waals surface area contributed by atoms with Crippen LogP contribution in [0.1, 0.15) is 17.5 Å². The SMILES string of the molecule is O=C(/C=C/c1cccc(O)c1O)CC(=O)/C=C/c1cccc(O)c1O. The molecule has 0 radical (unpaired) electrons. The Morgan fingerprint density at radius 2 is 1.12 bits per heavy atom. The van der Waals surface area contributed by atoms with Crippen LogP contribution in [0.15, 0.2) is 48.6 Å². The lowest BCUT2D eigenvalue weighted by Crippen LogP contribution is -2.01. The van der Waals surface area contributed by atoms with Crippen LogP contribution in [0.2, 0.25) is 0 Å². The highest BCUT2D eigenvalue weighted by Gasteiger charge is 2.07. The van der Waals surface area contributed by atoms with Crippen LogP contribution in [0.25, 0.3) is 12.2 Å². The lowest BCUT2D eigenvalue weighted by molar-refractivity contribution is -0.121. The first kappa shape index (κ1) is 17.8. The van der Waals surface area contributed by atoms with Crippen molar-refractivity contribution < 1.29 is 30.0 Å². The van der Waals surface area contributed by atoms with Crippen LogP contribution in [-0.2, 0) is 9.59 Å². The minimum absolute atomic E-state index is 0.251. The van der Waals surface area contributed by atoms with E-state index in [9.17, 15) is 30.0 Å². The molecule has 6 heteroatoms. The Kier molecular flexibility index (Phi) is 5.58. The first-order chi connectivity index (χ1) is 11.9. The number of allylic oxidation sites excluding steroid dienone is 2. The zero-order valence-corrected chi connectivity index (χ0v) is 13.1. The van der Waals surface area contributed by atoms with Gasteiger partial charge in [0.1, 0.15) is 0 Å². The molecular weight excluding hydrogens is 324 g/mol. The minimum Gasteiger partial charge on any atom is -0.504 e. The fourth-order valence-corrected chi connectivity index (χ4v) is 2.02. The molecule has 0 atom stereocenters. The third-order valence-corrected chi connectivity index (χ3v) is 3.34. The van der Waals surface area contributed by atoms with Crippen molar-refractivity contribution in [2.45, 2.75) is 6.42 Å². The summed E-state index contributed by atoms with van der Waals surface area (Å²) in [6, 6.07) is 8.64. The van der Waals surface area contributed by atoms with Crippen LogP contribution in [0, 0.1) is 0 Å². The molecule has 2 aromatic carbocycles. The highest BCUT2D eigenvalue weighted by molar-refractivity contribution is 6.11. The average molecular weight is 340 g/mol. The van der Waals surface area contributed by atoms with Crippen LogP contribution in [-0.4, -0.2) is 32.0 Å². The molecule has 2 aromatic rings. The van der Waals surface area contributed by atoms with Gasteiger partial charge in [0.05, 0.1) is 6.42 Å². The van der Waals surface area contributed by atoms with Crippen LogP contribution >= 0.6 is 0 Å². The molecule has 0 unspecified atom stereocenters. The number of carbonyl (C=O) groups is 2. The summed E-state index contributed by atoms with van der Waals surface area (Å²) in [5, 5.41) is 38.0. The summed E-state index contributed by atoms with van der Waals surface area (Å²) >= 11 is 0. The minimum atomic E-state index is -0.488. The first-order valence-corrected chi connectivity index (χ1v) is 7.32. The van der Waals surface area contributed by atoms with E-state index in [1.54, 1.807) is 0 Å². The second-order valence-corrected chi connectivity index (χ2v) is 5.21. The molecule has 0 aliphatic carbocycles. The van der Waals surface area contributed by atoms with Gasteiger partial charge < -0.3 is 20.4 Å². The molecule has 0 fully saturated rings. The highest BCUT2D eigenvalue weighted by atomic mass is 16.3. The normalized spacial score (nSPS) is 11.2. The van der Waals surface area contributed by atoms with E-state index in [2.05, 4.69) is 0 Å². The number of rotatable bonds is 6. The Morgan fingerprint density at radius 3 is 1.52 bits per heavy atom. The van der Waals surface area contributed by atoms with Crippen molar-refractivity contribution >= 4 is 23.7 Å². The summed E-state index contributed by atoms with van der Waals surface area (Å²) in [5.74, 6) is -2.29. The van der Waals surface area contributed by atoms with E-state index in [4.69, 9.17) is 0 Å². The predicted molar refractivity (Wildman–Crippen MR) is 92.2 cm³/mol. The maximum absolute atomic E-state index is 11.8. The van der Waals surface area contributed by atoms with Gasteiger partial charge in [-0.2, -0.15) is 0 Å². The molecule has 0 heterocycles. The standard InChI is InChI=1S/C19H16O6/c20-14(9-7-12-3-1-5-16(22)18(12)24)11-15(21)10-8-13-4-2-6-17(23)19(13)25/h1-10,22-25H,11H2/b9-7+,10-8+. The van der Waals surface area contributed by atoms with Crippen molar-refractivity contribution in [2.75, 3.05) is 0 Å². The van der Waals surface area contributed by atoms with Gasteiger partial charge in [-0.25, -0.2) is 0 Å². The van der Waals surface area contributed by atoms with Crippen molar-refractivity contribution in [3.8, 4) is 23.0 Å². The van der Waals surface area contributed by atoms with Gasteiger partial charge >= 0.3 is 0 Å². The number of phenolic OH excluding ortho intramolecular Hbond substituents is 4. The van der Waals surface area contributed by atoms with E-state index >= 15 is 0 Å². The van der Waals surface area contributed by atoms with Crippen molar-refractivity contribution in [3.05, 3.63) is 59.7 Å². The quantitative estimate of drug-likeness (QED) is 0.365. The van der Waals surface area contributed by atoms with Crippen molar-refractivity contribution in [3.63, 3.8) is 0 Å². The van der Waals surface area contributed by atoms with E-state index in [0.717, 1.165) is 12.2 Å². The molecule has 4 N–H and O–H groups in total. The lowest BCUT2D eigenvalue weighted by atomic mass is 10.1. The topological polar surface area (TPSA) is 115 Å². The van der Waals surface area contributed by atoms with Crippen molar-refractivity contribution in [2.24, 2.45) is 0 Å². The summed E-state index contributed by atoms with van der Waals surface area (Å²) in [6.07, 6.45) is 4.47. The fourth-order valence-electron chi connectivity index (χ4n) is 2.02. The van der Waals surface area contributed by atoms with E-state index in [0.29, 0.717) is 0 Å². The largest absolute Gasteiger partial charge is 0.504 e. The summed E-state index contributed by atoms with van der Waals surface area (Å²) in [7, 11) is 0. The number of benzene rings is 2. The highest BCUT2D eigenvalue weighted by Crippen LogP contribution is 2.29. The predicted octanol–water partition coefficient (Wildman–Crippen LogP) is 2.76. The summed E-state index contributed by atoms with van der Waals surface area (Å²) in [5.41, 5.74) is 0.502. The Balaban J connectivity index is 1.99.